The maximum absolute atomic E-state index is 11.6. The second-order valence-corrected chi connectivity index (χ2v) is 6.83. The molecule has 1 amide bonds. The summed E-state index contributed by atoms with van der Waals surface area (Å²) in [6.07, 6.45) is 1.76. The van der Waals surface area contributed by atoms with Gasteiger partial charge >= 0.3 is 0 Å². The van der Waals surface area contributed by atoms with Crippen molar-refractivity contribution in [3.05, 3.63) is 0 Å². The van der Waals surface area contributed by atoms with Crippen LogP contribution in [0.25, 0.3) is 0 Å². The van der Waals surface area contributed by atoms with Crippen molar-refractivity contribution < 1.29 is 4.79 Å². The second-order valence-electron chi connectivity index (χ2n) is 6.83. The fraction of sp³-hybridized carbons (Fsp3) is 0.938. The Balaban J connectivity index is 4.35. The highest BCUT2D eigenvalue weighted by molar-refractivity contribution is 5.84. The molecule has 5 nitrogen and oxygen atoms in total. The first kappa shape index (κ1) is 20.3. The van der Waals surface area contributed by atoms with Crippen LogP contribution in [0.5, 0.6) is 0 Å². The largest absolute Gasteiger partial charge is 0.368 e. The molecule has 0 aliphatic heterocycles. The van der Waals surface area contributed by atoms with Gasteiger partial charge in [0.25, 0.3) is 0 Å². The van der Waals surface area contributed by atoms with Gasteiger partial charge in [0, 0.05) is 19.6 Å². The van der Waals surface area contributed by atoms with Crippen molar-refractivity contribution in [3.63, 3.8) is 0 Å². The highest BCUT2D eigenvalue weighted by Crippen LogP contribution is 2.13. The summed E-state index contributed by atoms with van der Waals surface area (Å²) in [5.74, 6) is 0.400. The van der Waals surface area contributed by atoms with Crippen LogP contribution in [-0.4, -0.2) is 68.1 Å². The lowest BCUT2D eigenvalue weighted by Crippen LogP contribution is -2.53. The first-order valence-electron chi connectivity index (χ1n) is 8.13. The molecule has 0 aromatic rings. The van der Waals surface area contributed by atoms with Crippen LogP contribution in [0.4, 0.5) is 0 Å². The Hall–Kier alpha value is -0.650. The summed E-state index contributed by atoms with van der Waals surface area (Å²) in [5.41, 5.74) is 4.95. The summed E-state index contributed by atoms with van der Waals surface area (Å²) in [7, 11) is 4.20. The Bertz CT molecular complexity index is 294. The van der Waals surface area contributed by atoms with Crippen molar-refractivity contribution in [2.45, 2.75) is 46.1 Å². The zero-order chi connectivity index (χ0) is 16.5. The normalized spacial score (nSPS) is 14.9. The van der Waals surface area contributed by atoms with Gasteiger partial charge in [-0.25, -0.2) is 0 Å². The van der Waals surface area contributed by atoms with Gasteiger partial charge in [-0.1, -0.05) is 20.8 Å². The third kappa shape index (κ3) is 9.06. The van der Waals surface area contributed by atoms with Crippen molar-refractivity contribution in [2.75, 3.05) is 46.8 Å². The molecule has 21 heavy (non-hydrogen) atoms. The number of carbonyl (C=O) groups excluding carboxylic acids is 1. The predicted octanol–water partition coefficient (Wildman–Crippen LogP) is 1.14. The SMILES string of the molecule is CCNC(C)(CCCN(CCN(C)C)CC(C)C)C(N)=O. The minimum Gasteiger partial charge on any atom is -0.368 e. The lowest BCUT2D eigenvalue weighted by atomic mass is 9.94. The van der Waals surface area contributed by atoms with Crippen LogP contribution < -0.4 is 11.1 Å². The van der Waals surface area contributed by atoms with Crippen LogP contribution >= 0.6 is 0 Å². The fourth-order valence-electron chi connectivity index (χ4n) is 2.50. The van der Waals surface area contributed by atoms with Gasteiger partial charge in [-0.05, 0) is 52.9 Å². The Kier molecular flexibility index (Phi) is 9.83. The molecule has 0 rings (SSSR count). The molecule has 0 saturated carbocycles. The predicted molar refractivity (Wildman–Crippen MR) is 90.3 cm³/mol. The molecule has 0 bridgehead atoms. The average molecular weight is 300 g/mol. The second kappa shape index (κ2) is 10.1. The van der Waals surface area contributed by atoms with Gasteiger partial charge in [0.1, 0.15) is 0 Å². The number of nitrogens with zero attached hydrogens (tertiary/aromatic N) is 2. The molecule has 5 heteroatoms. The van der Waals surface area contributed by atoms with Gasteiger partial charge in [0.2, 0.25) is 5.91 Å². The molecule has 0 fully saturated rings. The van der Waals surface area contributed by atoms with Gasteiger partial charge < -0.3 is 20.9 Å². The zero-order valence-corrected chi connectivity index (χ0v) is 14.9. The number of carbonyl (C=O) groups is 1. The summed E-state index contributed by atoms with van der Waals surface area (Å²) in [6, 6.07) is 0. The van der Waals surface area contributed by atoms with Gasteiger partial charge in [0.05, 0.1) is 5.54 Å². The summed E-state index contributed by atoms with van der Waals surface area (Å²) in [6.45, 7) is 13.4. The lowest BCUT2D eigenvalue weighted by Gasteiger charge is -2.30. The quantitative estimate of drug-likeness (QED) is 0.567. The average Bonchev–Trinajstić information content (AvgIpc) is 2.35. The maximum atomic E-state index is 11.6. The van der Waals surface area contributed by atoms with Crippen LogP contribution in [-0.2, 0) is 4.79 Å². The van der Waals surface area contributed by atoms with Crippen molar-refractivity contribution in [1.82, 2.24) is 15.1 Å². The first-order chi connectivity index (χ1) is 9.71. The Labute approximate surface area is 131 Å². The van der Waals surface area contributed by atoms with Gasteiger partial charge in [-0.15, -0.1) is 0 Å². The number of rotatable bonds is 12. The van der Waals surface area contributed by atoms with E-state index in [9.17, 15) is 4.79 Å². The molecule has 0 aromatic carbocycles. The summed E-state index contributed by atoms with van der Waals surface area (Å²) < 4.78 is 0. The molecule has 0 radical (unpaired) electrons. The topological polar surface area (TPSA) is 61.6 Å². The van der Waals surface area contributed by atoms with E-state index in [0.717, 1.165) is 45.6 Å². The molecule has 0 aliphatic carbocycles. The van der Waals surface area contributed by atoms with E-state index in [1.165, 1.54) is 0 Å². The smallest absolute Gasteiger partial charge is 0.237 e. The number of likely N-dealkylation sites (N-methyl/N-ethyl adjacent to an activating group) is 2. The van der Waals surface area contributed by atoms with Crippen molar-refractivity contribution in [2.24, 2.45) is 11.7 Å². The molecule has 0 aromatic heterocycles. The number of primary amides is 1. The van der Waals surface area contributed by atoms with Gasteiger partial charge in [-0.3, -0.25) is 4.79 Å². The minimum atomic E-state index is -0.584. The molecule has 1 unspecified atom stereocenters. The standard InChI is InChI=1S/C16H36N4O/c1-7-18-16(4,15(17)21)9-8-10-20(13-14(2)3)12-11-19(5)6/h14,18H,7-13H2,1-6H3,(H2,17,21). The van der Waals surface area contributed by atoms with Crippen LogP contribution in [0.1, 0.15) is 40.5 Å². The van der Waals surface area contributed by atoms with Crippen LogP contribution in [0.3, 0.4) is 0 Å². The van der Waals surface area contributed by atoms with Crippen LogP contribution in [0, 0.1) is 5.92 Å². The number of amides is 1. The number of hydrogen-bond acceptors (Lipinski definition) is 4. The molecular formula is C16H36N4O. The van der Waals surface area contributed by atoms with Crippen LogP contribution in [0.2, 0.25) is 0 Å². The molecule has 1 atom stereocenters. The van der Waals surface area contributed by atoms with Gasteiger partial charge in [-0.2, -0.15) is 0 Å². The van der Waals surface area contributed by atoms with E-state index < -0.39 is 5.54 Å². The Morgan fingerprint density at radius 3 is 2.29 bits per heavy atom. The molecule has 0 aliphatic rings. The van der Waals surface area contributed by atoms with E-state index in [4.69, 9.17) is 5.73 Å². The van der Waals surface area contributed by atoms with E-state index in [-0.39, 0.29) is 5.91 Å². The molecule has 0 spiro atoms. The van der Waals surface area contributed by atoms with Crippen LogP contribution in [0.15, 0.2) is 0 Å². The Morgan fingerprint density at radius 2 is 1.86 bits per heavy atom. The van der Waals surface area contributed by atoms with E-state index >= 15 is 0 Å². The summed E-state index contributed by atoms with van der Waals surface area (Å²) in [5, 5.41) is 3.22. The van der Waals surface area contributed by atoms with E-state index in [0.29, 0.717) is 5.92 Å². The van der Waals surface area contributed by atoms with Gasteiger partial charge in [0.15, 0.2) is 0 Å². The zero-order valence-electron chi connectivity index (χ0n) is 14.9. The molecular weight excluding hydrogens is 264 g/mol. The summed E-state index contributed by atoms with van der Waals surface area (Å²) >= 11 is 0. The van der Waals surface area contributed by atoms with Crippen molar-refractivity contribution >= 4 is 5.91 Å². The monoisotopic (exact) mass is 300 g/mol. The Morgan fingerprint density at radius 1 is 1.24 bits per heavy atom. The highest BCUT2D eigenvalue weighted by Gasteiger charge is 2.29. The third-order valence-corrected chi connectivity index (χ3v) is 3.75. The van der Waals surface area contributed by atoms with Crippen molar-refractivity contribution in [1.29, 1.82) is 0 Å². The highest BCUT2D eigenvalue weighted by atomic mass is 16.1. The molecule has 126 valence electrons. The lowest BCUT2D eigenvalue weighted by molar-refractivity contribution is -0.124. The number of hydrogen-bond donors (Lipinski definition) is 2. The fourth-order valence-corrected chi connectivity index (χ4v) is 2.50. The van der Waals surface area contributed by atoms with E-state index in [1.54, 1.807) is 0 Å². The molecule has 0 saturated heterocycles. The molecule has 0 heterocycles. The third-order valence-electron chi connectivity index (χ3n) is 3.75. The van der Waals surface area contributed by atoms with E-state index in [1.807, 2.05) is 13.8 Å². The number of nitrogens with one attached hydrogen (secondary N) is 1. The maximum Gasteiger partial charge on any atom is 0.237 e. The van der Waals surface area contributed by atoms with E-state index in [2.05, 4.69) is 43.1 Å². The number of nitrogens with two attached hydrogens (primary N) is 1. The first-order valence-corrected chi connectivity index (χ1v) is 8.13. The molecule has 3 N–H and O–H groups in total. The minimum absolute atomic E-state index is 0.256. The van der Waals surface area contributed by atoms with Crippen molar-refractivity contribution in [3.8, 4) is 0 Å². The summed E-state index contributed by atoms with van der Waals surface area (Å²) in [4.78, 5) is 16.3.